The van der Waals surface area contributed by atoms with Crippen LogP contribution in [0.2, 0.25) is 0 Å². The quantitative estimate of drug-likeness (QED) is 0.858. The Morgan fingerprint density at radius 1 is 1.25 bits per heavy atom. The summed E-state index contributed by atoms with van der Waals surface area (Å²) in [6.45, 7) is 5.22. The summed E-state index contributed by atoms with van der Waals surface area (Å²) < 4.78 is -0.816. The molecule has 2 aliphatic rings. The van der Waals surface area contributed by atoms with E-state index in [0.29, 0.717) is 5.92 Å². The van der Waals surface area contributed by atoms with Gasteiger partial charge in [0.1, 0.15) is 4.75 Å². The van der Waals surface area contributed by atoms with Crippen LogP contribution in [-0.2, 0) is 4.79 Å². The number of amides is 1. The third kappa shape index (κ3) is 3.45. The molecule has 0 bridgehead atoms. The van der Waals surface area contributed by atoms with Crippen LogP contribution in [-0.4, -0.2) is 26.4 Å². The zero-order chi connectivity index (χ0) is 14.8. The molecule has 1 aliphatic heterocycles. The Bertz CT molecular complexity index is 392. The van der Waals surface area contributed by atoms with Gasteiger partial charge in [-0.3, -0.25) is 4.79 Å². The molecule has 0 aromatic carbocycles. The van der Waals surface area contributed by atoms with Crippen molar-refractivity contribution in [3.8, 4) is 0 Å². The molecule has 0 saturated heterocycles. The highest BCUT2D eigenvalue weighted by Crippen LogP contribution is 2.44. The molecule has 2 rings (SSSR count). The van der Waals surface area contributed by atoms with Gasteiger partial charge in [-0.15, -0.1) is 0 Å². The Morgan fingerprint density at radius 3 is 2.30 bits per heavy atom. The van der Waals surface area contributed by atoms with E-state index in [1.54, 1.807) is 13.8 Å². The molecule has 0 aromatic heterocycles. The van der Waals surface area contributed by atoms with Crippen LogP contribution in [0.3, 0.4) is 0 Å². The maximum absolute atomic E-state index is 12.1. The molecule has 1 N–H and O–H groups in total. The lowest BCUT2D eigenvalue weighted by Crippen LogP contribution is -2.48. The van der Waals surface area contributed by atoms with Crippen LogP contribution in [0.15, 0.2) is 4.99 Å². The number of hydrogen-bond donors (Lipinski definition) is 1. The van der Waals surface area contributed by atoms with E-state index < -0.39 is 10.3 Å². The molecule has 1 fully saturated rings. The summed E-state index contributed by atoms with van der Waals surface area (Å²) in [7, 11) is 0. The van der Waals surface area contributed by atoms with E-state index in [1.807, 2.05) is 6.92 Å². The van der Waals surface area contributed by atoms with E-state index in [0.717, 1.165) is 11.5 Å². The first-order chi connectivity index (χ1) is 9.33. The summed E-state index contributed by atoms with van der Waals surface area (Å²) >= 11 is 1.48. The molecular weight excluding hydrogens is 270 g/mol. The normalized spacial score (nSPS) is 30.0. The highest BCUT2D eigenvalue weighted by atomic mass is 32.2. The Labute approximate surface area is 126 Å². The van der Waals surface area contributed by atoms with Crippen LogP contribution in [0.1, 0.15) is 72.1 Å². The highest BCUT2D eigenvalue weighted by molar-refractivity contribution is 8.16. The van der Waals surface area contributed by atoms with Crippen LogP contribution in [0.5, 0.6) is 0 Å². The Balaban J connectivity index is 1.97. The second kappa shape index (κ2) is 6.18. The van der Waals surface area contributed by atoms with Crippen molar-refractivity contribution in [3.05, 3.63) is 0 Å². The SMILES string of the molecule is CC(C)(O)C1(C)SC(CC2CCCCCCC2)=NC1=O. The smallest absolute Gasteiger partial charge is 0.265 e. The molecular formula is C16H27NO2S. The van der Waals surface area contributed by atoms with E-state index in [9.17, 15) is 9.90 Å². The molecule has 1 amide bonds. The molecule has 1 saturated carbocycles. The predicted molar refractivity (Wildman–Crippen MR) is 85.2 cm³/mol. The van der Waals surface area contributed by atoms with Crippen molar-refractivity contribution in [2.24, 2.45) is 10.9 Å². The van der Waals surface area contributed by atoms with Crippen LogP contribution in [0.25, 0.3) is 0 Å². The van der Waals surface area contributed by atoms with Crippen LogP contribution >= 0.6 is 11.8 Å². The fourth-order valence-electron chi connectivity index (χ4n) is 2.99. The monoisotopic (exact) mass is 297 g/mol. The lowest BCUT2D eigenvalue weighted by molar-refractivity contribution is -0.124. The predicted octanol–water partition coefficient (Wildman–Crippen LogP) is 3.94. The first kappa shape index (κ1) is 16.0. The summed E-state index contributed by atoms with van der Waals surface area (Å²) in [5.41, 5.74) is -1.04. The number of aliphatic hydroxyl groups is 1. The zero-order valence-electron chi connectivity index (χ0n) is 12.9. The van der Waals surface area contributed by atoms with E-state index in [-0.39, 0.29) is 5.91 Å². The molecule has 3 nitrogen and oxygen atoms in total. The molecule has 0 radical (unpaired) electrons. The Morgan fingerprint density at radius 2 is 1.80 bits per heavy atom. The number of rotatable bonds is 3. The molecule has 0 spiro atoms. The molecule has 114 valence electrons. The molecule has 0 aromatic rings. The molecule has 1 atom stereocenters. The first-order valence-electron chi connectivity index (χ1n) is 7.86. The Kier molecular flexibility index (Phi) is 4.96. The number of thioether (sulfide) groups is 1. The minimum absolute atomic E-state index is 0.171. The number of nitrogens with zero attached hydrogens (tertiary/aromatic N) is 1. The topological polar surface area (TPSA) is 49.7 Å². The van der Waals surface area contributed by atoms with Gasteiger partial charge in [-0.1, -0.05) is 56.7 Å². The van der Waals surface area contributed by atoms with Crippen molar-refractivity contribution >= 4 is 22.7 Å². The summed E-state index contributed by atoms with van der Waals surface area (Å²) in [5.74, 6) is 0.495. The second-order valence-electron chi connectivity index (χ2n) is 6.92. The van der Waals surface area contributed by atoms with E-state index >= 15 is 0 Å². The van der Waals surface area contributed by atoms with Gasteiger partial charge >= 0.3 is 0 Å². The minimum Gasteiger partial charge on any atom is -0.388 e. The van der Waals surface area contributed by atoms with Crippen molar-refractivity contribution in [2.75, 3.05) is 0 Å². The van der Waals surface area contributed by atoms with Gasteiger partial charge in [-0.25, -0.2) is 4.99 Å². The largest absolute Gasteiger partial charge is 0.388 e. The van der Waals surface area contributed by atoms with Crippen LogP contribution in [0, 0.1) is 5.92 Å². The van der Waals surface area contributed by atoms with E-state index in [1.165, 1.54) is 56.7 Å². The second-order valence-corrected chi connectivity index (χ2v) is 8.41. The summed E-state index contributed by atoms with van der Waals surface area (Å²) in [6, 6.07) is 0. The number of carbonyl (C=O) groups is 1. The number of carbonyl (C=O) groups excluding carboxylic acids is 1. The van der Waals surface area contributed by atoms with Crippen LogP contribution in [0.4, 0.5) is 0 Å². The van der Waals surface area contributed by atoms with Crippen molar-refractivity contribution in [1.82, 2.24) is 0 Å². The summed E-state index contributed by atoms with van der Waals surface area (Å²) in [6.07, 6.45) is 10.1. The molecule has 20 heavy (non-hydrogen) atoms. The molecule has 1 heterocycles. The summed E-state index contributed by atoms with van der Waals surface area (Å²) in [4.78, 5) is 16.4. The molecule has 1 unspecified atom stereocenters. The average Bonchev–Trinajstić information content (AvgIpc) is 2.58. The van der Waals surface area contributed by atoms with Crippen molar-refractivity contribution in [3.63, 3.8) is 0 Å². The maximum Gasteiger partial charge on any atom is 0.265 e. The van der Waals surface area contributed by atoms with Crippen molar-refractivity contribution in [2.45, 2.75) is 82.5 Å². The zero-order valence-corrected chi connectivity index (χ0v) is 13.8. The standard InChI is InChI=1S/C16H27NO2S/c1-15(2,19)16(3)14(18)17-13(20-16)11-12-9-7-5-4-6-8-10-12/h12,19H,4-11H2,1-3H3. The molecule has 4 heteroatoms. The van der Waals surface area contributed by atoms with Gasteiger partial charge in [0.25, 0.3) is 5.91 Å². The van der Waals surface area contributed by atoms with Gasteiger partial charge < -0.3 is 5.11 Å². The van der Waals surface area contributed by atoms with Crippen molar-refractivity contribution < 1.29 is 9.90 Å². The van der Waals surface area contributed by atoms with Gasteiger partial charge in [0.05, 0.1) is 10.6 Å². The lowest BCUT2D eigenvalue weighted by Gasteiger charge is -2.33. The third-order valence-corrected chi connectivity index (χ3v) is 6.39. The van der Waals surface area contributed by atoms with Crippen LogP contribution < -0.4 is 0 Å². The minimum atomic E-state index is -1.04. The summed E-state index contributed by atoms with van der Waals surface area (Å²) in [5, 5.41) is 11.2. The average molecular weight is 297 g/mol. The van der Waals surface area contributed by atoms with E-state index in [2.05, 4.69) is 4.99 Å². The third-order valence-electron chi connectivity index (χ3n) is 4.81. The van der Waals surface area contributed by atoms with Gasteiger partial charge in [-0.05, 0) is 33.1 Å². The maximum atomic E-state index is 12.1. The van der Waals surface area contributed by atoms with Gasteiger partial charge in [0.15, 0.2) is 0 Å². The Hall–Kier alpha value is -0.350. The van der Waals surface area contributed by atoms with Gasteiger partial charge in [0, 0.05) is 0 Å². The van der Waals surface area contributed by atoms with E-state index in [4.69, 9.17) is 0 Å². The van der Waals surface area contributed by atoms with Gasteiger partial charge in [0.2, 0.25) is 0 Å². The first-order valence-corrected chi connectivity index (χ1v) is 8.68. The van der Waals surface area contributed by atoms with Gasteiger partial charge in [-0.2, -0.15) is 0 Å². The fraction of sp³-hybridized carbons (Fsp3) is 0.875. The number of hydrogen-bond acceptors (Lipinski definition) is 3. The highest BCUT2D eigenvalue weighted by Gasteiger charge is 2.51. The number of aliphatic imine (C=N–C) groups is 1. The molecule has 1 aliphatic carbocycles. The lowest BCUT2D eigenvalue weighted by atomic mass is 9.89. The fourth-order valence-corrected chi connectivity index (χ4v) is 4.29. The van der Waals surface area contributed by atoms with Crippen molar-refractivity contribution in [1.29, 1.82) is 0 Å².